The number of carbonyl (C=O) groups excluding carboxylic acids is 2. The maximum atomic E-state index is 12.7. The summed E-state index contributed by atoms with van der Waals surface area (Å²) in [6.07, 6.45) is 0. The van der Waals surface area contributed by atoms with E-state index in [0.717, 1.165) is 11.3 Å². The molecule has 2 aromatic carbocycles. The lowest BCUT2D eigenvalue weighted by atomic mass is 9.95. The van der Waals surface area contributed by atoms with Crippen LogP contribution < -0.4 is 15.5 Å². The first-order chi connectivity index (χ1) is 12.2. The monoisotopic (exact) mass is 353 g/mol. The van der Waals surface area contributed by atoms with Crippen LogP contribution in [0.25, 0.3) is 0 Å². The smallest absolute Gasteiger partial charge is 0.253 e. The van der Waals surface area contributed by atoms with E-state index in [9.17, 15) is 9.59 Å². The molecule has 0 radical (unpaired) electrons. The van der Waals surface area contributed by atoms with Gasteiger partial charge in [0.05, 0.1) is 5.56 Å². The molecule has 0 fully saturated rings. The van der Waals surface area contributed by atoms with Crippen molar-refractivity contribution in [3.8, 4) is 0 Å². The number of carbonyl (C=O) groups is 2. The van der Waals surface area contributed by atoms with Gasteiger partial charge in [0.2, 0.25) is 5.91 Å². The molecule has 2 rings (SSSR count). The third kappa shape index (κ3) is 5.09. The second-order valence-electron chi connectivity index (χ2n) is 7.50. The van der Waals surface area contributed by atoms with E-state index < -0.39 is 5.41 Å². The summed E-state index contributed by atoms with van der Waals surface area (Å²) in [5, 5.41) is 5.82. The van der Waals surface area contributed by atoms with E-state index in [1.807, 2.05) is 82.2 Å². The quantitative estimate of drug-likeness (QED) is 0.862. The Hall–Kier alpha value is -2.82. The minimum atomic E-state index is -0.504. The topological polar surface area (TPSA) is 61.4 Å². The Balaban J connectivity index is 2.22. The summed E-state index contributed by atoms with van der Waals surface area (Å²) >= 11 is 0. The van der Waals surface area contributed by atoms with Gasteiger partial charge in [0.25, 0.3) is 5.91 Å². The summed E-state index contributed by atoms with van der Waals surface area (Å²) in [4.78, 5) is 26.8. The van der Waals surface area contributed by atoms with Gasteiger partial charge in [-0.3, -0.25) is 9.59 Å². The van der Waals surface area contributed by atoms with Crippen LogP contribution in [0.1, 0.15) is 36.7 Å². The van der Waals surface area contributed by atoms with Gasteiger partial charge in [-0.2, -0.15) is 0 Å². The molecule has 0 aromatic heterocycles. The Labute approximate surface area is 155 Å². The summed E-state index contributed by atoms with van der Waals surface area (Å²) in [6.45, 7) is 6.00. The Morgan fingerprint density at radius 2 is 1.65 bits per heavy atom. The van der Waals surface area contributed by atoms with Crippen molar-refractivity contribution in [2.45, 2.75) is 27.3 Å². The second-order valence-corrected chi connectivity index (χ2v) is 7.50. The summed E-state index contributed by atoms with van der Waals surface area (Å²) in [5.41, 5.74) is 2.46. The maximum Gasteiger partial charge on any atom is 0.253 e. The Morgan fingerprint density at radius 3 is 2.23 bits per heavy atom. The van der Waals surface area contributed by atoms with Crippen LogP contribution in [-0.4, -0.2) is 25.9 Å². The van der Waals surface area contributed by atoms with Crippen LogP contribution in [0.15, 0.2) is 48.5 Å². The lowest BCUT2D eigenvalue weighted by Gasteiger charge is -2.21. The lowest BCUT2D eigenvalue weighted by molar-refractivity contribution is -0.123. The Morgan fingerprint density at radius 1 is 1.00 bits per heavy atom. The number of benzene rings is 2. The van der Waals surface area contributed by atoms with Crippen molar-refractivity contribution < 1.29 is 9.59 Å². The Kier molecular flexibility index (Phi) is 6.03. The fraction of sp³-hybridized carbons (Fsp3) is 0.333. The zero-order chi connectivity index (χ0) is 19.3. The predicted octanol–water partition coefficient (Wildman–Crippen LogP) is 3.67. The molecule has 138 valence electrons. The van der Waals surface area contributed by atoms with Crippen molar-refractivity contribution in [2.24, 2.45) is 5.41 Å². The van der Waals surface area contributed by atoms with E-state index >= 15 is 0 Å². The largest absolute Gasteiger partial charge is 0.377 e. The second kappa shape index (κ2) is 8.04. The minimum absolute atomic E-state index is 0.0919. The molecule has 0 saturated heterocycles. The van der Waals surface area contributed by atoms with Gasteiger partial charge in [-0.1, -0.05) is 51.1 Å². The molecule has 0 saturated carbocycles. The summed E-state index contributed by atoms with van der Waals surface area (Å²) < 4.78 is 0. The van der Waals surface area contributed by atoms with E-state index in [2.05, 4.69) is 10.6 Å². The van der Waals surface area contributed by atoms with E-state index in [1.54, 1.807) is 6.07 Å². The van der Waals surface area contributed by atoms with E-state index in [-0.39, 0.29) is 11.8 Å². The zero-order valence-corrected chi connectivity index (χ0v) is 16.1. The van der Waals surface area contributed by atoms with Gasteiger partial charge in [-0.05, 0) is 23.8 Å². The third-order valence-electron chi connectivity index (χ3n) is 3.96. The highest BCUT2D eigenvalue weighted by Crippen LogP contribution is 2.25. The first-order valence-electron chi connectivity index (χ1n) is 8.63. The highest BCUT2D eigenvalue weighted by Gasteiger charge is 2.22. The van der Waals surface area contributed by atoms with Crippen LogP contribution in [0, 0.1) is 5.41 Å². The van der Waals surface area contributed by atoms with Gasteiger partial charge in [0.15, 0.2) is 0 Å². The van der Waals surface area contributed by atoms with Crippen LogP contribution in [0.4, 0.5) is 11.4 Å². The average Bonchev–Trinajstić information content (AvgIpc) is 2.59. The van der Waals surface area contributed by atoms with Gasteiger partial charge in [0.1, 0.15) is 0 Å². The van der Waals surface area contributed by atoms with E-state index in [0.29, 0.717) is 17.8 Å². The highest BCUT2D eigenvalue weighted by molar-refractivity contribution is 6.02. The first kappa shape index (κ1) is 19.5. The van der Waals surface area contributed by atoms with Gasteiger partial charge < -0.3 is 15.5 Å². The van der Waals surface area contributed by atoms with Crippen molar-refractivity contribution in [2.75, 3.05) is 24.3 Å². The Bertz CT molecular complexity index is 778. The average molecular weight is 353 g/mol. The van der Waals surface area contributed by atoms with E-state index in [1.165, 1.54) is 0 Å². The van der Waals surface area contributed by atoms with Crippen LogP contribution in [0.3, 0.4) is 0 Å². The SMILES string of the molecule is CN(C)c1ccc(NC(=O)C(C)(C)C)cc1C(=O)NCc1ccccc1. The molecule has 0 spiro atoms. The van der Waals surface area contributed by atoms with Crippen LogP contribution >= 0.6 is 0 Å². The number of nitrogens with one attached hydrogen (secondary N) is 2. The fourth-order valence-corrected chi connectivity index (χ4v) is 2.38. The molecule has 0 aliphatic heterocycles. The number of nitrogens with zero attached hydrogens (tertiary/aromatic N) is 1. The number of hydrogen-bond acceptors (Lipinski definition) is 3. The van der Waals surface area contributed by atoms with Crippen LogP contribution in [0.2, 0.25) is 0 Å². The molecule has 2 N–H and O–H groups in total. The predicted molar refractivity (Wildman–Crippen MR) is 106 cm³/mol. The summed E-state index contributed by atoms with van der Waals surface area (Å²) in [7, 11) is 3.77. The number of amides is 2. The normalized spacial score (nSPS) is 11.0. The van der Waals surface area contributed by atoms with Crippen LogP contribution in [0.5, 0.6) is 0 Å². The molecule has 26 heavy (non-hydrogen) atoms. The molecule has 2 amide bonds. The minimum Gasteiger partial charge on any atom is -0.377 e. The van der Waals surface area contributed by atoms with Gasteiger partial charge in [0, 0.05) is 37.4 Å². The molecular formula is C21H27N3O2. The number of rotatable bonds is 5. The molecule has 0 unspecified atom stereocenters. The molecule has 0 atom stereocenters. The standard InChI is InChI=1S/C21H27N3O2/c1-21(2,3)20(26)23-16-11-12-18(24(4)5)17(13-16)19(25)22-14-15-9-7-6-8-10-15/h6-13H,14H2,1-5H3,(H,22,25)(H,23,26). The number of hydrogen-bond donors (Lipinski definition) is 2. The van der Waals surface area contributed by atoms with Crippen molar-refractivity contribution in [3.05, 3.63) is 59.7 Å². The first-order valence-corrected chi connectivity index (χ1v) is 8.63. The van der Waals surface area contributed by atoms with Crippen molar-refractivity contribution in [1.82, 2.24) is 5.32 Å². The zero-order valence-electron chi connectivity index (χ0n) is 16.1. The van der Waals surface area contributed by atoms with Crippen molar-refractivity contribution in [1.29, 1.82) is 0 Å². The number of anilines is 2. The summed E-state index contributed by atoms with van der Waals surface area (Å²) in [6, 6.07) is 15.1. The highest BCUT2D eigenvalue weighted by atomic mass is 16.2. The molecular weight excluding hydrogens is 326 g/mol. The molecule has 0 heterocycles. The molecule has 0 bridgehead atoms. The molecule has 0 aliphatic carbocycles. The van der Waals surface area contributed by atoms with Crippen molar-refractivity contribution in [3.63, 3.8) is 0 Å². The molecule has 0 aliphatic rings. The van der Waals surface area contributed by atoms with Crippen molar-refractivity contribution >= 4 is 23.2 Å². The molecule has 5 heteroatoms. The molecule has 2 aromatic rings. The van der Waals surface area contributed by atoms with Gasteiger partial charge in [-0.15, -0.1) is 0 Å². The molecule has 5 nitrogen and oxygen atoms in total. The van der Waals surface area contributed by atoms with Gasteiger partial charge in [-0.25, -0.2) is 0 Å². The lowest BCUT2D eigenvalue weighted by Crippen LogP contribution is -2.28. The van der Waals surface area contributed by atoms with E-state index in [4.69, 9.17) is 0 Å². The van der Waals surface area contributed by atoms with Gasteiger partial charge >= 0.3 is 0 Å². The van der Waals surface area contributed by atoms with Crippen LogP contribution in [-0.2, 0) is 11.3 Å². The third-order valence-corrected chi connectivity index (χ3v) is 3.96. The fourth-order valence-electron chi connectivity index (χ4n) is 2.38. The maximum absolute atomic E-state index is 12.7. The summed E-state index contributed by atoms with van der Waals surface area (Å²) in [5.74, 6) is -0.268.